The Kier molecular flexibility index (Phi) is 3.86. The highest BCUT2D eigenvalue weighted by molar-refractivity contribution is 9.09. The maximum absolute atomic E-state index is 3.57. The summed E-state index contributed by atoms with van der Waals surface area (Å²) in [7, 11) is 0. The Morgan fingerprint density at radius 3 is 2.91 bits per heavy atom. The molecule has 1 saturated heterocycles. The molecule has 1 aliphatic heterocycles. The smallest absolute Gasteiger partial charge is 0.0196 e. The van der Waals surface area contributed by atoms with Gasteiger partial charge in [0, 0.05) is 17.4 Å². The highest BCUT2D eigenvalue weighted by Crippen LogP contribution is 2.22. The van der Waals surface area contributed by atoms with Gasteiger partial charge in [0.1, 0.15) is 0 Å². The van der Waals surface area contributed by atoms with Gasteiger partial charge >= 0.3 is 0 Å². The molecule has 1 fully saturated rings. The van der Waals surface area contributed by atoms with E-state index in [1.165, 1.54) is 25.8 Å². The van der Waals surface area contributed by atoms with Crippen molar-refractivity contribution in [2.24, 2.45) is 0 Å². The van der Waals surface area contributed by atoms with Crippen LogP contribution < -0.4 is 0 Å². The Labute approximate surface area is 78.3 Å². The van der Waals surface area contributed by atoms with Crippen LogP contribution in [0.3, 0.4) is 0 Å². The van der Waals surface area contributed by atoms with Crippen LogP contribution in [0.2, 0.25) is 0 Å². The molecule has 1 aliphatic rings. The van der Waals surface area contributed by atoms with Gasteiger partial charge in [-0.05, 0) is 32.7 Å². The molecule has 0 bridgehead atoms. The van der Waals surface area contributed by atoms with Gasteiger partial charge < -0.3 is 0 Å². The number of halogens is 1. The van der Waals surface area contributed by atoms with E-state index in [9.17, 15) is 0 Å². The summed E-state index contributed by atoms with van der Waals surface area (Å²) >= 11 is 3.57. The van der Waals surface area contributed by atoms with E-state index >= 15 is 0 Å². The van der Waals surface area contributed by atoms with Crippen LogP contribution in [0.4, 0.5) is 0 Å². The molecule has 1 nitrogen and oxygen atoms in total. The van der Waals surface area contributed by atoms with Crippen LogP contribution >= 0.6 is 15.9 Å². The fraction of sp³-hybridized carbons (Fsp3) is 1.00. The zero-order valence-electron chi connectivity index (χ0n) is 7.52. The van der Waals surface area contributed by atoms with Crippen LogP contribution in [0.25, 0.3) is 0 Å². The predicted molar refractivity (Wildman–Crippen MR) is 53.3 cm³/mol. The average Bonchev–Trinajstić information content (AvgIpc) is 2.50. The fourth-order valence-electron chi connectivity index (χ4n) is 1.84. The van der Waals surface area contributed by atoms with E-state index in [-0.39, 0.29) is 0 Å². The first-order chi connectivity index (χ1) is 5.29. The maximum atomic E-state index is 3.57. The van der Waals surface area contributed by atoms with Crippen molar-refractivity contribution in [3.05, 3.63) is 0 Å². The normalized spacial score (nSPS) is 29.2. The van der Waals surface area contributed by atoms with Crippen LogP contribution in [-0.4, -0.2) is 28.9 Å². The third-order valence-corrected chi connectivity index (χ3v) is 3.51. The van der Waals surface area contributed by atoms with E-state index in [0.29, 0.717) is 0 Å². The lowest BCUT2D eigenvalue weighted by Gasteiger charge is -2.28. The van der Waals surface area contributed by atoms with Gasteiger partial charge in [-0.25, -0.2) is 0 Å². The van der Waals surface area contributed by atoms with Crippen LogP contribution in [0.15, 0.2) is 0 Å². The monoisotopic (exact) mass is 219 g/mol. The van der Waals surface area contributed by atoms with Crippen molar-refractivity contribution >= 4 is 15.9 Å². The summed E-state index contributed by atoms with van der Waals surface area (Å²) in [6, 6.07) is 1.59. The van der Waals surface area contributed by atoms with E-state index in [0.717, 1.165) is 17.4 Å². The molecule has 1 unspecified atom stereocenters. The van der Waals surface area contributed by atoms with Crippen LogP contribution in [0.1, 0.15) is 33.1 Å². The van der Waals surface area contributed by atoms with Gasteiger partial charge in [0.15, 0.2) is 0 Å². The number of hydrogen-bond donors (Lipinski definition) is 0. The largest absolute Gasteiger partial charge is 0.297 e. The highest BCUT2D eigenvalue weighted by Gasteiger charge is 2.26. The minimum Gasteiger partial charge on any atom is -0.297 e. The van der Waals surface area contributed by atoms with Gasteiger partial charge in [-0.15, -0.1) is 0 Å². The Morgan fingerprint density at radius 1 is 1.64 bits per heavy atom. The lowest BCUT2D eigenvalue weighted by Crippen LogP contribution is -2.37. The fourth-order valence-corrected chi connectivity index (χ4v) is 2.53. The molecular formula is C9H18BrN. The zero-order chi connectivity index (χ0) is 8.27. The van der Waals surface area contributed by atoms with Crippen molar-refractivity contribution in [2.75, 3.05) is 11.9 Å². The van der Waals surface area contributed by atoms with E-state index in [4.69, 9.17) is 0 Å². The SMILES string of the molecule is CCC(C)N1CCC[C@H]1CBr. The Bertz CT molecular complexity index is 116. The molecule has 0 aromatic rings. The minimum atomic E-state index is 0.778. The third kappa shape index (κ3) is 2.19. The van der Waals surface area contributed by atoms with Gasteiger partial charge in [0.05, 0.1) is 0 Å². The van der Waals surface area contributed by atoms with Crippen molar-refractivity contribution in [3.8, 4) is 0 Å². The summed E-state index contributed by atoms with van der Waals surface area (Å²) in [6.07, 6.45) is 4.06. The van der Waals surface area contributed by atoms with Gasteiger partial charge in [-0.2, -0.15) is 0 Å². The number of likely N-dealkylation sites (tertiary alicyclic amines) is 1. The summed E-state index contributed by atoms with van der Waals surface area (Å²) in [4.78, 5) is 2.63. The van der Waals surface area contributed by atoms with Crippen LogP contribution in [-0.2, 0) is 0 Å². The van der Waals surface area contributed by atoms with Crippen molar-refractivity contribution in [2.45, 2.75) is 45.2 Å². The maximum Gasteiger partial charge on any atom is 0.0196 e. The molecule has 0 saturated carbocycles. The van der Waals surface area contributed by atoms with Crippen molar-refractivity contribution in [1.82, 2.24) is 4.90 Å². The Morgan fingerprint density at radius 2 is 2.36 bits per heavy atom. The van der Waals surface area contributed by atoms with E-state index in [2.05, 4.69) is 34.7 Å². The third-order valence-electron chi connectivity index (χ3n) is 2.76. The minimum absolute atomic E-state index is 0.778. The molecule has 0 aromatic heterocycles. The van der Waals surface area contributed by atoms with E-state index in [1.807, 2.05) is 0 Å². The highest BCUT2D eigenvalue weighted by atomic mass is 79.9. The average molecular weight is 220 g/mol. The Hall–Kier alpha value is 0.440. The summed E-state index contributed by atoms with van der Waals surface area (Å²) in [5.41, 5.74) is 0. The van der Waals surface area contributed by atoms with Gasteiger partial charge in [-0.1, -0.05) is 22.9 Å². The second kappa shape index (κ2) is 4.46. The molecule has 2 atom stereocenters. The molecule has 1 heterocycles. The number of nitrogens with zero attached hydrogens (tertiary/aromatic N) is 1. The van der Waals surface area contributed by atoms with Crippen molar-refractivity contribution < 1.29 is 0 Å². The first-order valence-corrected chi connectivity index (χ1v) is 5.73. The molecule has 1 rings (SSSR count). The molecule has 0 radical (unpaired) electrons. The summed E-state index contributed by atoms with van der Waals surface area (Å²) in [5.74, 6) is 0. The van der Waals surface area contributed by atoms with Crippen molar-refractivity contribution in [3.63, 3.8) is 0 Å². The van der Waals surface area contributed by atoms with Gasteiger partial charge in [-0.3, -0.25) is 4.90 Å². The van der Waals surface area contributed by atoms with E-state index < -0.39 is 0 Å². The van der Waals surface area contributed by atoms with Crippen LogP contribution in [0.5, 0.6) is 0 Å². The number of rotatable bonds is 3. The lowest BCUT2D eigenvalue weighted by molar-refractivity contribution is 0.202. The quantitative estimate of drug-likeness (QED) is 0.661. The molecule has 66 valence electrons. The molecular weight excluding hydrogens is 202 g/mol. The number of alkyl halides is 1. The van der Waals surface area contributed by atoms with Crippen molar-refractivity contribution in [1.29, 1.82) is 0 Å². The van der Waals surface area contributed by atoms with Crippen LogP contribution in [0, 0.1) is 0 Å². The Balaban J connectivity index is 2.42. The van der Waals surface area contributed by atoms with E-state index in [1.54, 1.807) is 0 Å². The van der Waals surface area contributed by atoms with Gasteiger partial charge in [0.2, 0.25) is 0 Å². The molecule has 2 heteroatoms. The second-order valence-corrected chi connectivity index (χ2v) is 4.09. The first-order valence-electron chi connectivity index (χ1n) is 4.61. The molecule has 0 aliphatic carbocycles. The molecule has 0 amide bonds. The predicted octanol–water partition coefficient (Wildman–Crippen LogP) is 2.64. The zero-order valence-corrected chi connectivity index (χ0v) is 9.10. The number of hydrogen-bond acceptors (Lipinski definition) is 1. The standard InChI is InChI=1S/C9H18BrN/c1-3-8(2)11-6-4-5-9(11)7-10/h8-9H,3-7H2,1-2H3/t8?,9-/m0/s1. The molecule has 0 N–H and O–H groups in total. The second-order valence-electron chi connectivity index (χ2n) is 3.45. The summed E-state index contributed by atoms with van der Waals surface area (Å²) < 4.78 is 0. The summed E-state index contributed by atoms with van der Waals surface area (Å²) in [6.45, 7) is 5.92. The van der Waals surface area contributed by atoms with Gasteiger partial charge in [0.25, 0.3) is 0 Å². The molecule has 0 spiro atoms. The summed E-state index contributed by atoms with van der Waals surface area (Å²) in [5, 5.41) is 1.15. The first kappa shape index (κ1) is 9.53. The molecule has 0 aromatic carbocycles. The lowest BCUT2D eigenvalue weighted by atomic mass is 10.2. The molecule has 11 heavy (non-hydrogen) atoms. The topological polar surface area (TPSA) is 3.24 Å².